The number of fused-ring (bicyclic) bond motifs is 5. The van der Waals surface area contributed by atoms with E-state index in [1.165, 1.54) is 20.3 Å². The van der Waals surface area contributed by atoms with Gasteiger partial charge in [0, 0.05) is 17.7 Å². The van der Waals surface area contributed by atoms with Gasteiger partial charge in [0.1, 0.15) is 28.8 Å². The van der Waals surface area contributed by atoms with E-state index in [0.29, 0.717) is 34.1 Å². The van der Waals surface area contributed by atoms with E-state index in [4.69, 9.17) is 28.7 Å². The second-order valence-electron chi connectivity index (χ2n) is 9.95. The number of hydrogen-bond donors (Lipinski definition) is 3. The summed E-state index contributed by atoms with van der Waals surface area (Å²) in [6.45, 7) is 1.92. The van der Waals surface area contributed by atoms with Gasteiger partial charge in [-0.3, -0.25) is 4.79 Å². The fourth-order valence-corrected chi connectivity index (χ4v) is 6.22. The number of benzene rings is 3. The summed E-state index contributed by atoms with van der Waals surface area (Å²) < 4.78 is 28.8. The van der Waals surface area contributed by atoms with Crippen molar-refractivity contribution in [1.29, 1.82) is 0 Å². The van der Waals surface area contributed by atoms with E-state index in [2.05, 4.69) is 4.98 Å². The summed E-state index contributed by atoms with van der Waals surface area (Å²) in [6, 6.07) is 19.8. The van der Waals surface area contributed by atoms with Gasteiger partial charge in [-0.05, 0) is 24.6 Å². The molecule has 3 aromatic carbocycles. The molecule has 4 aromatic rings. The first-order valence-corrected chi connectivity index (χ1v) is 13.4. The number of aromatic nitrogens is 2. The van der Waals surface area contributed by atoms with Gasteiger partial charge in [0.15, 0.2) is 11.2 Å². The highest BCUT2D eigenvalue weighted by Crippen LogP contribution is 2.69. The van der Waals surface area contributed by atoms with Crippen molar-refractivity contribution < 1.29 is 33.9 Å². The third-order valence-corrected chi connectivity index (χ3v) is 7.88. The number of hydrogen-bond acceptors (Lipinski definition) is 9. The Balaban J connectivity index is 1.76. The van der Waals surface area contributed by atoms with Crippen LogP contribution in [0, 0.1) is 0 Å². The van der Waals surface area contributed by atoms with Crippen molar-refractivity contribution in [3.63, 3.8) is 0 Å². The van der Waals surface area contributed by atoms with E-state index in [0.717, 1.165) is 5.56 Å². The molecule has 0 saturated heterocycles. The lowest BCUT2D eigenvalue weighted by Gasteiger charge is -2.40. The van der Waals surface area contributed by atoms with Crippen molar-refractivity contribution in [2.24, 2.45) is 0 Å². The van der Waals surface area contributed by atoms with Gasteiger partial charge in [-0.15, -0.1) is 0 Å². The summed E-state index contributed by atoms with van der Waals surface area (Å²) in [6.07, 6.45) is 1.20. The lowest BCUT2D eigenvalue weighted by atomic mass is 9.70. The number of ether oxygens (including phenoxy) is 5. The van der Waals surface area contributed by atoms with Crippen LogP contribution >= 0.6 is 0 Å². The quantitative estimate of drug-likeness (QED) is 0.264. The lowest BCUT2D eigenvalue weighted by Crippen LogP contribution is -2.49. The van der Waals surface area contributed by atoms with Crippen LogP contribution in [0.2, 0.25) is 0 Å². The molecule has 10 nitrogen and oxygen atoms in total. The second kappa shape index (κ2) is 10.1. The van der Waals surface area contributed by atoms with E-state index in [1.54, 1.807) is 50.4 Å². The van der Waals surface area contributed by atoms with E-state index in [-0.39, 0.29) is 23.7 Å². The van der Waals surface area contributed by atoms with Gasteiger partial charge in [0.25, 0.3) is 11.5 Å². The maximum absolute atomic E-state index is 14.0. The average Bonchev–Trinajstić information content (AvgIpc) is 3.40. The van der Waals surface area contributed by atoms with Crippen LogP contribution in [0.25, 0.3) is 6.08 Å². The van der Waals surface area contributed by atoms with Crippen molar-refractivity contribution >= 4 is 6.08 Å². The average molecular weight is 571 g/mol. The van der Waals surface area contributed by atoms with Crippen LogP contribution in [-0.2, 0) is 15.9 Å². The molecule has 2 aliphatic rings. The van der Waals surface area contributed by atoms with Gasteiger partial charge in [-0.25, -0.2) is 4.98 Å². The van der Waals surface area contributed by atoms with Crippen LogP contribution in [0.1, 0.15) is 46.6 Å². The molecule has 42 heavy (non-hydrogen) atoms. The molecule has 0 fully saturated rings. The fourth-order valence-electron chi connectivity index (χ4n) is 6.22. The molecule has 6 rings (SSSR count). The highest BCUT2D eigenvalue weighted by Gasteiger charge is 2.73. The van der Waals surface area contributed by atoms with Crippen molar-refractivity contribution in [3.05, 3.63) is 117 Å². The normalized spacial score (nSPS) is 22.0. The highest BCUT2D eigenvalue weighted by molar-refractivity contribution is 5.69. The summed E-state index contributed by atoms with van der Waals surface area (Å²) >= 11 is 0. The second-order valence-corrected chi connectivity index (χ2v) is 9.95. The minimum absolute atomic E-state index is 0.00334. The summed E-state index contributed by atoms with van der Waals surface area (Å²) in [7, 11) is 4.57. The Labute approximate surface area is 241 Å². The number of rotatable bonds is 8. The molecule has 3 N–H and O–H groups in total. The van der Waals surface area contributed by atoms with Crippen molar-refractivity contribution in [2.45, 2.75) is 24.0 Å². The van der Waals surface area contributed by atoms with Gasteiger partial charge in [0.2, 0.25) is 0 Å². The summed E-state index contributed by atoms with van der Waals surface area (Å²) in [4.78, 5) is 21.5. The topological polar surface area (TPSA) is 132 Å². The molecule has 0 unspecified atom stereocenters. The molecule has 2 heterocycles. The lowest BCUT2D eigenvalue weighted by molar-refractivity contribution is -0.0910. The first-order chi connectivity index (χ1) is 20.3. The van der Waals surface area contributed by atoms with Crippen LogP contribution in [0.4, 0.5) is 0 Å². The Morgan fingerprint density at radius 2 is 1.74 bits per heavy atom. The minimum atomic E-state index is -2.04. The molecule has 0 saturated carbocycles. The van der Waals surface area contributed by atoms with E-state index in [1.807, 2.05) is 30.3 Å². The molecule has 0 spiro atoms. The van der Waals surface area contributed by atoms with Crippen LogP contribution in [0.15, 0.2) is 77.5 Å². The summed E-state index contributed by atoms with van der Waals surface area (Å²) in [5.74, 6) is 0.402. The van der Waals surface area contributed by atoms with E-state index >= 15 is 0 Å². The Bertz CT molecular complexity index is 1730. The van der Waals surface area contributed by atoms with Crippen LogP contribution < -0.4 is 24.5 Å². The number of aliphatic hydroxyl groups excluding tert-OH is 1. The molecule has 0 amide bonds. The standard InChI is InChI=1S/C32H30N2O8/c1-5-41-25(35)17-24-33-29-26(30(36)34-24)27(18-9-7-6-8-10-18)32(19-11-13-20(38-2)14-12-19)31(29,37)28-22(40-4)15-21(39-3)16-23(28)42-32/h6-17,27,35,37H,5H2,1-4H3,(H,33,34,36)/b25-17+/t27-,31+,32+/m1/s1. The molecule has 3 atom stereocenters. The van der Waals surface area contributed by atoms with Gasteiger partial charge in [0.05, 0.1) is 56.8 Å². The third kappa shape index (κ3) is 3.75. The van der Waals surface area contributed by atoms with E-state index < -0.39 is 28.6 Å². The number of aliphatic hydroxyl groups is 2. The maximum atomic E-state index is 14.0. The fraction of sp³-hybridized carbons (Fsp3) is 0.250. The van der Waals surface area contributed by atoms with Crippen molar-refractivity contribution in [3.8, 4) is 23.0 Å². The highest BCUT2D eigenvalue weighted by atomic mass is 16.6. The first kappa shape index (κ1) is 27.2. The first-order valence-electron chi connectivity index (χ1n) is 13.4. The smallest absolute Gasteiger partial charge is 0.280 e. The molecular formula is C32H30N2O8. The monoisotopic (exact) mass is 570 g/mol. The molecule has 216 valence electrons. The van der Waals surface area contributed by atoms with Crippen LogP contribution in [0.3, 0.4) is 0 Å². The number of nitrogens with zero attached hydrogens (tertiary/aromatic N) is 1. The maximum Gasteiger partial charge on any atom is 0.280 e. The Kier molecular flexibility index (Phi) is 6.58. The molecule has 0 radical (unpaired) electrons. The van der Waals surface area contributed by atoms with Crippen LogP contribution in [0.5, 0.6) is 23.0 Å². The number of methoxy groups -OCH3 is 3. The van der Waals surface area contributed by atoms with Gasteiger partial charge in [-0.2, -0.15) is 0 Å². The molecular weight excluding hydrogens is 540 g/mol. The molecule has 1 aliphatic heterocycles. The zero-order valence-corrected chi connectivity index (χ0v) is 23.5. The van der Waals surface area contributed by atoms with Crippen molar-refractivity contribution in [1.82, 2.24) is 9.97 Å². The van der Waals surface area contributed by atoms with E-state index in [9.17, 15) is 15.0 Å². The SMILES string of the molecule is CCO/C(O)=C/c1nc2c(c(=O)[nH]1)[C@@H](c1ccccc1)[C@]1(c3ccc(OC)cc3)Oc3cc(OC)cc(OC)c3[C@]21O. The largest absolute Gasteiger partial charge is 0.497 e. The predicted molar refractivity (Wildman–Crippen MR) is 153 cm³/mol. The van der Waals surface area contributed by atoms with Crippen LogP contribution in [-0.4, -0.2) is 48.1 Å². The number of H-pyrrole nitrogens is 1. The zero-order valence-electron chi connectivity index (χ0n) is 23.5. The summed E-state index contributed by atoms with van der Waals surface area (Å²) in [5.41, 5.74) is -2.29. The Morgan fingerprint density at radius 1 is 1.02 bits per heavy atom. The predicted octanol–water partition coefficient (Wildman–Crippen LogP) is 4.36. The van der Waals surface area contributed by atoms with Gasteiger partial charge >= 0.3 is 0 Å². The zero-order chi connectivity index (χ0) is 29.6. The Hall–Kier alpha value is -4.96. The molecule has 0 bridgehead atoms. The number of aromatic amines is 1. The molecule has 10 heteroatoms. The third-order valence-electron chi connectivity index (χ3n) is 7.88. The van der Waals surface area contributed by atoms with Crippen molar-refractivity contribution in [2.75, 3.05) is 27.9 Å². The van der Waals surface area contributed by atoms with Gasteiger partial charge in [-0.1, -0.05) is 42.5 Å². The van der Waals surface area contributed by atoms with Gasteiger partial charge < -0.3 is 38.9 Å². The Morgan fingerprint density at radius 3 is 2.38 bits per heavy atom. The summed E-state index contributed by atoms with van der Waals surface area (Å²) in [5, 5.41) is 23.5. The number of nitrogens with one attached hydrogen (secondary N) is 1. The molecule has 1 aromatic heterocycles. The minimum Gasteiger partial charge on any atom is -0.497 e. The molecule has 1 aliphatic carbocycles.